The maximum absolute atomic E-state index is 14.2. The highest BCUT2D eigenvalue weighted by molar-refractivity contribution is 7.89. The topological polar surface area (TPSA) is 127 Å². The van der Waals surface area contributed by atoms with Crippen molar-refractivity contribution < 1.29 is 17.2 Å². The number of anilines is 2. The number of rotatable bonds is 6. The number of nitrogens with zero attached hydrogens (tertiary/aromatic N) is 2. The third-order valence-corrected chi connectivity index (χ3v) is 6.78. The van der Waals surface area contributed by atoms with Crippen molar-refractivity contribution in [1.82, 2.24) is 15.2 Å². The van der Waals surface area contributed by atoms with E-state index in [9.17, 15) is 12.8 Å². The first kappa shape index (κ1) is 19.3. The second kappa shape index (κ2) is 7.21. The van der Waals surface area contributed by atoms with Gasteiger partial charge in [0.15, 0.2) is 11.7 Å². The monoisotopic (exact) mass is 431 g/mol. The Kier molecular flexibility index (Phi) is 4.62. The Hall–Kier alpha value is -2.72. The molecule has 0 spiro atoms. The van der Waals surface area contributed by atoms with Crippen LogP contribution in [0.4, 0.5) is 15.9 Å². The zero-order valence-corrected chi connectivity index (χ0v) is 17.0. The standard InChI is InChI=1S/C20H22FN5O3S/c21-15-8-14(30(22,27)28)5-6-16(15)24-19-9-17(25-26-19)12-3-4-13(7-12)20-23-10-18(29-20)11-1-2-11/h5-6,8-13H,1-4,7H2,(H2,22,27,28)(H2,24,25,26). The number of aromatic amines is 1. The predicted molar refractivity (Wildman–Crippen MR) is 107 cm³/mol. The molecule has 158 valence electrons. The number of nitrogens with two attached hydrogens (primary N) is 1. The minimum Gasteiger partial charge on any atom is -0.445 e. The molecule has 0 radical (unpaired) electrons. The zero-order chi connectivity index (χ0) is 20.9. The molecule has 0 bridgehead atoms. The van der Waals surface area contributed by atoms with Gasteiger partial charge in [-0.25, -0.2) is 22.9 Å². The third kappa shape index (κ3) is 3.84. The Morgan fingerprint density at radius 1 is 1.13 bits per heavy atom. The van der Waals surface area contributed by atoms with Crippen molar-refractivity contribution in [2.24, 2.45) is 5.14 Å². The lowest BCUT2D eigenvalue weighted by Crippen LogP contribution is -2.12. The van der Waals surface area contributed by atoms with Gasteiger partial charge in [-0.2, -0.15) is 5.10 Å². The summed E-state index contributed by atoms with van der Waals surface area (Å²) in [6.45, 7) is 0. The number of hydrogen-bond donors (Lipinski definition) is 3. The van der Waals surface area contributed by atoms with Crippen molar-refractivity contribution in [3.8, 4) is 0 Å². The summed E-state index contributed by atoms with van der Waals surface area (Å²) in [5.74, 6) is 2.73. The molecular weight excluding hydrogens is 409 g/mol. The Morgan fingerprint density at radius 2 is 1.90 bits per heavy atom. The summed E-state index contributed by atoms with van der Waals surface area (Å²) < 4.78 is 42.9. The van der Waals surface area contributed by atoms with Crippen LogP contribution >= 0.6 is 0 Å². The van der Waals surface area contributed by atoms with Crippen LogP contribution in [0.5, 0.6) is 0 Å². The van der Waals surface area contributed by atoms with E-state index < -0.39 is 15.8 Å². The van der Waals surface area contributed by atoms with Crippen LogP contribution in [0.15, 0.2) is 39.8 Å². The van der Waals surface area contributed by atoms with Crippen LogP contribution in [0.1, 0.15) is 67.2 Å². The molecule has 4 N–H and O–H groups in total. The van der Waals surface area contributed by atoms with Crippen molar-refractivity contribution in [3.05, 3.63) is 53.6 Å². The van der Waals surface area contributed by atoms with Gasteiger partial charge in [0, 0.05) is 29.5 Å². The van der Waals surface area contributed by atoms with E-state index in [0.29, 0.717) is 23.6 Å². The van der Waals surface area contributed by atoms with Gasteiger partial charge in [0.25, 0.3) is 0 Å². The number of halogens is 1. The van der Waals surface area contributed by atoms with Crippen LogP contribution in [-0.2, 0) is 10.0 Å². The van der Waals surface area contributed by atoms with E-state index in [1.807, 2.05) is 12.3 Å². The molecule has 30 heavy (non-hydrogen) atoms. The number of primary sulfonamides is 1. The van der Waals surface area contributed by atoms with Gasteiger partial charge in [-0.05, 0) is 50.3 Å². The fraction of sp³-hybridized carbons (Fsp3) is 0.400. The molecule has 0 aliphatic heterocycles. The molecule has 2 saturated carbocycles. The van der Waals surface area contributed by atoms with E-state index in [4.69, 9.17) is 9.56 Å². The number of aromatic nitrogens is 3. The molecule has 0 amide bonds. The predicted octanol–water partition coefficient (Wildman–Crippen LogP) is 3.86. The molecule has 2 heterocycles. The third-order valence-electron chi connectivity index (χ3n) is 5.87. The number of nitrogens with one attached hydrogen (secondary N) is 2. The van der Waals surface area contributed by atoms with Gasteiger partial charge in [-0.3, -0.25) is 5.10 Å². The SMILES string of the molecule is NS(=O)(=O)c1ccc(Nc2cc(C3CCC(c4ncc(C5CC5)o4)C3)[nH]n2)c(F)c1. The summed E-state index contributed by atoms with van der Waals surface area (Å²) in [7, 11) is -3.95. The summed E-state index contributed by atoms with van der Waals surface area (Å²) in [4.78, 5) is 4.21. The number of sulfonamides is 1. The Bertz CT molecular complexity index is 1180. The Labute approximate surface area is 173 Å². The van der Waals surface area contributed by atoms with Gasteiger partial charge in [0.05, 0.1) is 16.8 Å². The van der Waals surface area contributed by atoms with Crippen molar-refractivity contribution >= 4 is 21.5 Å². The summed E-state index contributed by atoms with van der Waals surface area (Å²) in [5.41, 5.74) is 1.09. The second-order valence-electron chi connectivity index (χ2n) is 8.10. The van der Waals surface area contributed by atoms with Crippen LogP contribution in [0.2, 0.25) is 0 Å². The molecule has 2 atom stereocenters. The van der Waals surface area contributed by atoms with E-state index >= 15 is 0 Å². The quantitative estimate of drug-likeness (QED) is 0.544. The first-order chi connectivity index (χ1) is 14.4. The van der Waals surface area contributed by atoms with Gasteiger partial charge in [0.2, 0.25) is 10.0 Å². The first-order valence-corrected chi connectivity index (χ1v) is 11.5. The second-order valence-corrected chi connectivity index (χ2v) is 9.66. The summed E-state index contributed by atoms with van der Waals surface area (Å²) in [5, 5.41) is 15.2. The Balaban J connectivity index is 1.25. The maximum Gasteiger partial charge on any atom is 0.238 e. The molecule has 0 saturated heterocycles. The highest BCUT2D eigenvalue weighted by Crippen LogP contribution is 2.45. The largest absolute Gasteiger partial charge is 0.445 e. The minimum absolute atomic E-state index is 0.122. The maximum atomic E-state index is 14.2. The van der Waals surface area contributed by atoms with Gasteiger partial charge in [-0.15, -0.1) is 0 Å². The van der Waals surface area contributed by atoms with Crippen molar-refractivity contribution in [2.45, 2.75) is 54.8 Å². The van der Waals surface area contributed by atoms with Crippen LogP contribution in [0.3, 0.4) is 0 Å². The number of hydrogen-bond acceptors (Lipinski definition) is 6. The minimum atomic E-state index is -3.95. The van der Waals surface area contributed by atoms with Crippen molar-refractivity contribution in [2.75, 3.05) is 5.32 Å². The lowest BCUT2D eigenvalue weighted by Gasteiger charge is -2.07. The van der Waals surface area contributed by atoms with Crippen LogP contribution in [-0.4, -0.2) is 23.6 Å². The molecule has 2 aliphatic carbocycles. The smallest absolute Gasteiger partial charge is 0.238 e. The summed E-state index contributed by atoms with van der Waals surface area (Å²) in [6.07, 6.45) is 7.16. The van der Waals surface area contributed by atoms with E-state index in [0.717, 1.165) is 42.7 Å². The van der Waals surface area contributed by atoms with Crippen LogP contribution in [0, 0.1) is 5.82 Å². The number of H-pyrrole nitrogens is 1. The first-order valence-electron chi connectivity index (χ1n) is 9.97. The molecule has 1 aromatic carbocycles. The number of benzene rings is 1. The van der Waals surface area contributed by atoms with Gasteiger partial charge in [-0.1, -0.05) is 0 Å². The molecular formula is C20H22FN5O3S. The highest BCUT2D eigenvalue weighted by Gasteiger charge is 2.33. The van der Waals surface area contributed by atoms with Crippen molar-refractivity contribution in [1.29, 1.82) is 0 Å². The lowest BCUT2D eigenvalue weighted by atomic mass is 10.0. The normalized spacial score (nSPS) is 21.8. The van der Waals surface area contributed by atoms with Gasteiger partial charge < -0.3 is 9.73 Å². The van der Waals surface area contributed by atoms with Crippen molar-refractivity contribution in [3.63, 3.8) is 0 Å². The van der Waals surface area contributed by atoms with E-state index in [2.05, 4.69) is 20.5 Å². The fourth-order valence-electron chi connectivity index (χ4n) is 4.06. The lowest BCUT2D eigenvalue weighted by molar-refractivity contribution is 0.418. The molecule has 10 heteroatoms. The average molecular weight is 431 g/mol. The fourth-order valence-corrected chi connectivity index (χ4v) is 4.58. The molecule has 3 aromatic rings. The molecule has 2 unspecified atom stereocenters. The zero-order valence-electron chi connectivity index (χ0n) is 16.1. The number of oxazole rings is 1. The van der Waals surface area contributed by atoms with Crippen LogP contribution in [0.25, 0.3) is 0 Å². The van der Waals surface area contributed by atoms with Crippen LogP contribution < -0.4 is 10.5 Å². The Morgan fingerprint density at radius 3 is 2.63 bits per heavy atom. The van der Waals surface area contributed by atoms with E-state index in [1.54, 1.807) is 0 Å². The molecule has 2 aromatic heterocycles. The average Bonchev–Trinajstić information content (AvgIpc) is 3.12. The molecule has 8 nitrogen and oxygen atoms in total. The van der Waals surface area contributed by atoms with Gasteiger partial charge >= 0.3 is 0 Å². The summed E-state index contributed by atoms with van der Waals surface area (Å²) in [6, 6.07) is 5.32. The highest BCUT2D eigenvalue weighted by atomic mass is 32.2. The van der Waals surface area contributed by atoms with Gasteiger partial charge in [0.1, 0.15) is 11.6 Å². The van der Waals surface area contributed by atoms with E-state index in [1.165, 1.54) is 25.0 Å². The summed E-state index contributed by atoms with van der Waals surface area (Å²) >= 11 is 0. The van der Waals surface area contributed by atoms with E-state index in [-0.39, 0.29) is 10.6 Å². The molecule has 5 rings (SSSR count). The molecule has 2 fully saturated rings. The molecule has 2 aliphatic rings.